The molecule has 0 unspecified atom stereocenters. The molecular weight excluding hydrogens is 273 g/mol. The third kappa shape index (κ3) is 2.09. The second kappa shape index (κ2) is 5.24. The normalized spacial score (nSPS) is 10.9. The summed E-state index contributed by atoms with van der Waals surface area (Å²) in [5.41, 5.74) is -0.0441. The summed E-state index contributed by atoms with van der Waals surface area (Å²) in [4.78, 5) is 0. The fourth-order valence-electron chi connectivity index (χ4n) is 2.76. The number of rotatable bonds is 3. The molecule has 0 saturated heterocycles. The van der Waals surface area contributed by atoms with Gasteiger partial charge in [-0.2, -0.15) is 0 Å². The number of benzene rings is 3. The molecule has 0 N–H and O–H groups in total. The molecule has 0 atom stereocenters. The summed E-state index contributed by atoms with van der Waals surface area (Å²) in [5, 5.41) is 2.33. The van der Waals surface area contributed by atoms with Gasteiger partial charge < -0.3 is 9.47 Å². The van der Waals surface area contributed by atoms with Gasteiger partial charge in [0.15, 0.2) is 0 Å². The molecule has 0 amide bonds. The number of hydrogen-bond donors (Lipinski definition) is 0. The van der Waals surface area contributed by atoms with Crippen molar-refractivity contribution in [2.45, 2.75) is 0 Å². The first-order valence-corrected chi connectivity index (χ1v) is 6.52. The lowest BCUT2D eigenvalue weighted by Gasteiger charge is -2.15. The molecule has 0 aliphatic carbocycles. The van der Waals surface area contributed by atoms with E-state index >= 15 is 0 Å². The third-order valence-corrected chi connectivity index (χ3v) is 3.62. The van der Waals surface area contributed by atoms with Crippen molar-refractivity contribution in [3.05, 3.63) is 42.5 Å². The van der Waals surface area contributed by atoms with Crippen molar-refractivity contribution < 1.29 is 18.1 Å². The largest absolute Gasteiger partial charge is 0.573 e. The molecule has 0 aliphatic heterocycles. The van der Waals surface area contributed by atoms with Crippen LogP contribution in [0.1, 0.15) is 0 Å². The fraction of sp³-hybridized carbons (Fsp3) is 0.125. The molecule has 0 aliphatic rings. The lowest BCUT2D eigenvalue weighted by Crippen LogP contribution is -2.23. The molecule has 0 heterocycles. The van der Waals surface area contributed by atoms with Gasteiger partial charge in [-0.1, -0.05) is 24.3 Å². The fourth-order valence-corrected chi connectivity index (χ4v) is 2.76. The van der Waals surface area contributed by atoms with Crippen molar-refractivity contribution >= 4 is 34.3 Å². The van der Waals surface area contributed by atoms with E-state index in [0.29, 0.717) is 22.3 Å². The predicted molar refractivity (Wildman–Crippen MR) is 82.2 cm³/mol. The molecule has 21 heavy (non-hydrogen) atoms. The minimum absolute atomic E-state index is 0.0441. The maximum atomic E-state index is 13.7. The lowest BCUT2D eigenvalue weighted by atomic mass is 9.77. The molecule has 3 rings (SSSR count). The summed E-state index contributed by atoms with van der Waals surface area (Å²) in [6.07, 6.45) is 0. The zero-order chi connectivity index (χ0) is 15.0. The Balaban J connectivity index is 2.59. The van der Waals surface area contributed by atoms with E-state index in [2.05, 4.69) is 0 Å². The smallest absolute Gasteiger partial charge is 0.496 e. The van der Waals surface area contributed by atoms with Crippen LogP contribution in [-0.2, 0) is 0 Å². The number of fused-ring (bicyclic) bond motifs is 2. The average molecular weight is 286 g/mol. The van der Waals surface area contributed by atoms with Crippen LogP contribution in [0.25, 0.3) is 21.5 Å². The summed E-state index contributed by atoms with van der Waals surface area (Å²) >= 11 is 0. The van der Waals surface area contributed by atoms with E-state index in [9.17, 15) is 8.63 Å². The number of ether oxygens (including phenoxy) is 2. The van der Waals surface area contributed by atoms with Crippen LogP contribution >= 0.6 is 0 Å². The van der Waals surface area contributed by atoms with Crippen molar-refractivity contribution in [2.24, 2.45) is 0 Å². The van der Waals surface area contributed by atoms with Gasteiger partial charge in [-0.3, -0.25) is 8.63 Å². The first-order valence-electron chi connectivity index (χ1n) is 6.52. The van der Waals surface area contributed by atoms with Gasteiger partial charge in [0.05, 0.1) is 14.2 Å². The quantitative estimate of drug-likeness (QED) is 0.540. The van der Waals surface area contributed by atoms with Crippen molar-refractivity contribution in [3.8, 4) is 11.5 Å². The molecule has 0 aromatic heterocycles. The van der Waals surface area contributed by atoms with E-state index in [1.54, 1.807) is 24.3 Å². The van der Waals surface area contributed by atoms with Gasteiger partial charge in [0.2, 0.25) is 0 Å². The Morgan fingerprint density at radius 2 is 1.29 bits per heavy atom. The zero-order valence-electron chi connectivity index (χ0n) is 11.7. The van der Waals surface area contributed by atoms with Crippen LogP contribution in [0.4, 0.5) is 8.63 Å². The van der Waals surface area contributed by atoms with E-state index in [1.165, 1.54) is 14.2 Å². The number of hydrogen-bond acceptors (Lipinski definition) is 2. The Kier molecular flexibility index (Phi) is 3.41. The maximum Gasteiger partial charge on any atom is 0.573 e. The standard InChI is InChI=1S/C16H13BF2O2/c1-20-12-7-3-5-10-9-11-6-4-8-13(21-2)15(11)16(14(10)12)17(18)19/h3-9H,1-2H3. The first-order chi connectivity index (χ1) is 10.2. The van der Waals surface area contributed by atoms with Crippen LogP contribution in [0, 0.1) is 0 Å². The van der Waals surface area contributed by atoms with Crippen molar-refractivity contribution in [3.63, 3.8) is 0 Å². The third-order valence-electron chi connectivity index (χ3n) is 3.62. The Morgan fingerprint density at radius 3 is 1.67 bits per heavy atom. The van der Waals surface area contributed by atoms with E-state index in [4.69, 9.17) is 9.47 Å². The summed E-state index contributed by atoms with van der Waals surface area (Å²) in [5.74, 6) is 0.881. The minimum atomic E-state index is -2.62. The van der Waals surface area contributed by atoms with Crippen LogP contribution in [-0.4, -0.2) is 21.5 Å². The van der Waals surface area contributed by atoms with Crippen LogP contribution in [0.15, 0.2) is 42.5 Å². The van der Waals surface area contributed by atoms with Crippen LogP contribution in [0.3, 0.4) is 0 Å². The molecule has 2 nitrogen and oxygen atoms in total. The van der Waals surface area contributed by atoms with Gasteiger partial charge in [0, 0.05) is 16.2 Å². The van der Waals surface area contributed by atoms with E-state index in [1.807, 2.05) is 18.2 Å². The van der Waals surface area contributed by atoms with E-state index < -0.39 is 7.27 Å². The molecule has 0 saturated carbocycles. The topological polar surface area (TPSA) is 18.5 Å². The first kappa shape index (κ1) is 13.7. The minimum Gasteiger partial charge on any atom is -0.496 e. The molecule has 106 valence electrons. The predicted octanol–water partition coefficient (Wildman–Crippen LogP) is 3.64. The highest BCUT2D eigenvalue weighted by Gasteiger charge is 2.26. The lowest BCUT2D eigenvalue weighted by molar-refractivity contribution is 0.419. The Labute approximate surface area is 121 Å². The van der Waals surface area contributed by atoms with Crippen molar-refractivity contribution in [1.82, 2.24) is 0 Å². The van der Waals surface area contributed by atoms with Crippen molar-refractivity contribution in [2.75, 3.05) is 14.2 Å². The molecular formula is C16H13BF2O2. The Bertz CT molecular complexity index is 756. The summed E-state index contributed by atoms with van der Waals surface area (Å²) in [7, 11) is 0.344. The second-order valence-electron chi connectivity index (χ2n) is 4.71. The molecule has 0 fully saturated rings. The SMILES string of the molecule is COc1cccc2cc3cccc(OC)c3c(B(F)F)c12. The van der Waals surface area contributed by atoms with Gasteiger partial charge >= 0.3 is 7.27 Å². The summed E-state index contributed by atoms with van der Waals surface area (Å²) < 4.78 is 38.0. The summed E-state index contributed by atoms with van der Waals surface area (Å²) in [6, 6.07) is 12.5. The molecule has 5 heteroatoms. The van der Waals surface area contributed by atoms with Crippen LogP contribution in [0.5, 0.6) is 11.5 Å². The van der Waals surface area contributed by atoms with Gasteiger partial charge in [0.1, 0.15) is 11.5 Å². The van der Waals surface area contributed by atoms with Gasteiger partial charge in [-0.25, -0.2) is 0 Å². The molecule has 0 radical (unpaired) electrons. The Hall–Kier alpha value is -2.30. The van der Waals surface area contributed by atoms with Crippen LogP contribution in [0.2, 0.25) is 0 Å². The highest BCUT2D eigenvalue weighted by Crippen LogP contribution is 2.33. The Morgan fingerprint density at radius 1 is 0.810 bits per heavy atom. The molecule has 3 aromatic carbocycles. The highest BCUT2D eigenvalue weighted by molar-refractivity contribution is 6.67. The van der Waals surface area contributed by atoms with E-state index in [0.717, 1.165) is 10.8 Å². The monoisotopic (exact) mass is 286 g/mol. The molecule has 0 spiro atoms. The van der Waals surface area contributed by atoms with E-state index in [-0.39, 0.29) is 5.46 Å². The van der Waals surface area contributed by atoms with Gasteiger partial charge in [-0.15, -0.1) is 0 Å². The molecule has 0 bridgehead atoms. The molecule has 3 aromatic rings. The highest BCUT2D eigenvalue weighted by atomic mass is 19.2. The number of methoxy groups -OCH3 is 2. The average Bonchev–Trinajstić information content (AvgIpc) is 2.50. The van der Waals surface area contributed by atoms with Gasteiger partial charge in [-0.05, 0) is 29.0 Å². The second-order valence-corrected chi connectivity index (χ2v) is 4.71. The summed E-state index contributed by atoms with van der Waals surface area (Å²) in [6.45, 7) is 0. The maximum absolute atomic E-state index is 13.7. The zero-order valence-corrected chi connectivity index (χ0v) is 11.7. The van der Waals surface area contributed by atoms with Crippen LogP contribution < -0.4 is 14.9 Å². The number of halogens is 2. The van der Waals surface area contributed by atoms with Gasteiger partial charge in [0.25, 0.3) is 0 Å². The van der Waals surface area contributed by atoms with Crippen molar-refractivity contribution in [1.29, 1.82) is 0 Å².